The third-order valence-electron chi connectivity index (χ3n) is 2.31. The van der Waals surface area contributed by atoms with Crippen LogP contribution >= 0.6 is 11.6 Å². The molecular formula is C10H13ClO2. The number of carbonyl (C=O) groups excluding carboxylic acids is 1. The highest BCUT2D eigenvalue weighted by Gasteiger charge is 2.22. The third-order valence-corrected chi connectivity index (χ3v) is 2.71. The van der Waals surface area contributed by atoms with Gasteiger partial charge < -0.3 is 5.11 Å². The Balaban J connectivity index is 2.73. The maximum Gasteiger partial charge on any atom is 0.136 e. The third kappa shape index (κ3) is 2.34. The summed E-state index contributed by atoms with van der Waals surface area (Å²) in [5, 5.41) is 9.41. The van der Waals surface area contributed by atoms with Gasteiger partial charge in [-0.3, -0.25) is 4.79 Å². The second-order valence-corrected chi connectivity index (χ2v) is 3.57. The average Bonchev–Trinajstić information content (AvgIpc) is 2.17. The molecule has 0 saturated carbocycles. The molecule has 0 aromatic heterocycles. The average molecular weight is 201 g/mol. The van der Waals surface area contributed by atoms with Crippen molar-refractivity contribution in [3.8, 4) is 0 Å². The minimum Gasteiger partial charge on any atom is -0.515 e. The Morgan fingerprint density at radius 3 is 3.08 bits per heavy atom. The second kappa shape index (κ2) is 4.47. The zero-order chi connectivity index (χ0) is 9.84. The van der Waals surface area contributed by atoms with Gasteiger partial charge in [0.15, 0.2) is 0 Å². The summed E-state index contributed by atoms with van der Waals surface area (Å²) in [6, 6.07) is 0. The number of halogens is 1. The molecule has 1 unspecified atom stereocenters. The molecule has 0 spiro atoms. The molecule has 1 aliphatic carbocycles. The molecule has 0 saturated heterocycles. The summed E-state index contributed by atoms with van der Waals surface area (Å²) < 4.78 is 0. The molecule has 1 N–H and O–H groups in total. The van der Waals surface area contributed by atoms with Gasteiger partial charge in [0, 0.05) is 22.9 Å². The van der Waals surface area contributed by atoms with Gasteiger partial charge in [0.25, 0.3) is 0 Å². The molecule has 3 heteroatoms. The minimum absolute atomic E-state index is 0.00546. The molecule has 0 amide bonds. The van der Waals surface area contributed by atoms with Crippen LogP contribution in [-0.4, -0.2) is 10.9 Å². The molecule has 13 heavy (non-hydrogen) atoms. The van der Waals surface area contributed by atoms with E-state index >= 15 is 0 Å². The number of Topliss-reactive ketones (excluding diaryl/α,β-unsaturated/α-hetero) is 1. The number of allylic oxidation sites excluding steroid dienone is 3. The molecule has 2 nitrogen and oxygen atoms in total. The van der Waals surface area contributed by atoms with Crippen molar-refractivity contribution < 1.29 is 9.90 Å². The van der Waals surface area contributed by atoms with Gasteiger partial charge in [-0.1, -0.05) is 24.6 Å². The highest BCUT2D eigenvalue weighted by molar-refractivity contribution is 6.32. The highest BCUT2D eigenvalue weighted by Crippen LogP contribution is 2.31. The maximum absolute atomic E-state index is 11.4. The van der Waals surface area contributed by atoms with Gasteiger partial charge in [0.1, 0.15) is 5.78 Å². The van der Waals surface area contributed by atoms with E-state index in [-0.39, 0.29) is 11.7 Å². The van der Waals surface area contributed by atoms with E-state index in [9.17, 15) is 4.79 Å². The SMILES string of the molecule is CCC(=O)C1CC=C(Cl)C(=CO)C1. The number of rotatable bonds is 2. The maximum atomic E-state index is 11.4. The lowest BCUT2D eigenvalue weighted by molar-refractivity contribution is -0.122. The molecule has 0 aromatic rings. The summed E-state index contributed by atoms with van der Waals surface area (Å²) >= 11 is 5.82. The fraction of sp³-hybridized carbons (Fsp3) is 0.500. The predicted octanol–water partition coefficient (Wildman–Crippen LogP) is 2.94. The lowest BCUT2D eigenvalue weighted by atomic mass is 9.87. The van der Waals surface area contributed by atoms with Crippen molar-refractivity contribution in [3.05, 3.63) is 22.9 Å². The first-order valence-electron chi connectivity index (χ1n) is 4.41. The molecule has 1 atom stereocenters. The molecule has 72 valence electrons. The Hall–Kier alpha value is -0.760. The number of ketones is 1. The predicted molar refractivity (Wildman–Crippen MR) is 52.7 cm³/mol. The molecule has 0 radical (unpaired) electrons. The summed E-state index contributed by atoms with van der Waals surface area (Å²) in [6.07, 6.45) is 4.61. The molecule has 0 aromatic carbocycles. The first kappa shape index (κ1) is 10.3. The molecule has 1 rings (SSSR count). The van der Waals surface area contributed by atoms with Crippen LogP contribution in [0.1, 0.15) is 26.2 Å². The lowest BCUT2D eigenvalue weighted by Crippen LogP contribution is -2.16. The van der Waals surface area contributed by atoms with E-state index in [2.05, 4.69) is 0 Å². The van der Waals surface area contributed by atoms with Gasteiger partial charge in [-0.05, 0) is 12.8 Å². The summed E-state index contributed by atoms with van der Waals surface area (Å²) in [5.74, 6) is 0.241. The molecule has 0 heterocycles. The summed E-state index contributed by atoms with van der Waals surface area (Å²) in [6.45, 7) is 1.85. The van der Waals surface area contributed by atoms with E-state index < -0.39 is 0 Å². The van der Waals surface area contributed by atoms with Crippen LogP contribution in [0.4, 0.5) is 0 Å². The Morgan fingerprint density at radius 1 is 1.85 bits per heavy atom. The normalized spacial score (nSPS) is 25.8. The molecular weight excluding hydrogens is 188 g/mol. The van der Waals surface area contributed by atoms with Gasteiger partial charge in [-0.15, -0.1) is 0 Å². The van der Waals surface area contributed by atoms with Crippen molar-refractivity contribution >= 4 is 17.4 Å². The Labute approximate surface area is 82.9 Å². The van der Waals surface area contributed by atoms with Crippen LogP contribution in [0.25, 0.3) is 0 Å². The van der Waals surface area contributed by atoms with Crippen LogP contribution in [0.5, 0.6) is 0 Å². The van der Waals surface area contributed by atoms with Crippen molar-refractivity contribution in [1.82, 2.24) is 0 Å². The van der Waals surface area contributed by atoms with E-state index in [0.717, 1.165) is 6.26 Å². The van der Waals surface area contributed by atoms with Gasteiger partial charge in [0.05, 0.1) is 6.26 Å². The van der Waals surface area contributed by atoms with Crippen LogP contribution < -0.4 is 0 Å². The van der Waals surface area contributed by atoms with Gasteiger partial charge in [0.2, 0.25) is 0 Å². The first-order chi connectivity index (χ1) is 6.19. The van der Waals surface area contributed by atoms with Crippen molar-refractivity contribution in [2.45, 2.75) is 26.2 Å². The lowest BCUT2D eigenvalue weighted by Gasteiger charge is -2.19. The van der Waals surface area contributed by atoms with Crippen molar-refractivity contribution in [2.75, 3.05) is 0 Å². The van der Waals surface area contributed by atoms with Gasteiger partial charge in [-0.2, -0.15) is 0 Å². The zero-order valence-corrected chi connectivity index (χ0v) is 8.34. The van der Waals surface area contributed by atoms with Crippen LogP contribution in [0, 0.1) is 5.92 Å². The second-order valence-electron chi connectivity index (χ2n) is 3.16. The van der Waals surface area contributed by atoms with Crippen molar-refractivity contribution in [1.29, 1.82) is 0 Å². The van der Waals surface area contributed by atoms with Crippen molar-refractivity contribution in [2.24, 2.45) is 5.92 Å². The van der Waals surface area contributed by atoms with E-state index in [4.69, 9.17) is 16.7 Å². The monoisotopic (exact) mass is 200 g/mol. The van der Waals surface area contributed by atoms with Crippen molar-refractivity contribution in [3.63, 3.8) is 0 Å². The summed E-state index contributed by atoms with van der Waals surface area (Å²) in [5.41, 5.74) is 0.666. The number of aliphatic hydroxyl groups is 1. The largest absolute Gasteiger partial charge is 0.515 e. The van der Waals surface area contributed by atoms with E-state index in [1.165, 1.54) is 0 Å². The smallest absolute Gasteiger partial charge is 0.136 e. The number of aliphatic hydroxyl groups excluding tert-OH is 1. The Morgan fingerprint density at radius 2 is 2.54 bits per heavy atom. The number of hydrogen-bond acceptors (Lipinski definition) is 2. The highest BCUT2D eigenvalue weighted by atomic mass is 35.5. The first-order valence-corrected chi connectivity index (χ1v) is 4.78. The van der Waals surface area contributed by atoms with Crippen LogP contribution in [0.2, 0.25) is 0 Å². The zero-order valence-electron chi connectivity index (χ0n) is 7.59. The molecule has 0 bridgehead atoms. The minimum atomic E-state index is 0.00546. The standard InChI is InChI=1S/C10H13ClO2/c1-2-10(13)7-3-4-9(11)8(5-7)6-12/h4,6-7,12H,2-3,5H2,1H3. The molecule has 0 aliphatic heterocycles. The van der Waals surface area contributed by atoms with E-state index in [0.29, 0.717) is 29.9 Å². The molecule has 0 fully saturated rings. The number of hydrogen-bond donors (Lipinski definition) is 1. The van der Waals surface area contributed by atoms with E-state index in [1.807, 2.05) is 6.92 Å². The fourth-order valence-corrected chi connectivity index (χ4v) is 1.69. The Bertz CT molecular complexity index is 266. The van der Waals surface area contributed by atoms with Crippen LogP contribution in [0.3, 0.4) is 0 Å². The summed E-state index contributed by atoms with van der Waals surface area (Å²) in [7, 11) is 0. The summed E-state index contributed by atoms with van der Waals surface area (Å²) in [4.78, 5) is 11.4. The topological polar surface area (TPSA) is 37.3 Å². The quantitative estimate of drug-likeness (QED) is 0.696. The molecule has 1 aliphatic rings. The number of carbonyl (C=O) groups is 1. The van der Waals surface area contributed by atoms with Crippen LogP contribution in [-0.2, 0) is 4.79 Å². The van der Waals surface area contributed by atoms with E-state index in [1.54, 1.807) is 6.08 Å². The van der Waals surface area contributed by atoms with Gasteiger partial charge >= 0.3 is 0 Å². The van der Waals surface area contributed by atoms with Gasteiger partial charge in [-0.25, -0.2) is 0 Å². The fourth-order valence-electron chi connectivity index (χ4n) is 1.47. The van der Waals surface area contributed by atoms with Crippen LogP contribution in [0.15, 0.2) is 22.9 Å². The Kier molecular flexibility index (Phi) is 3.55.